The van der Waals surface area contributed by atoms with Crippen molar-refractivity contribution in [3.8, 4) is 5.75 Å². The molecule has 1 aromatic rings. The number of hydrogen-bond donors (Lipinski definition) is 2. The summed E-state index contributed by atoms with van der Waals surface area (Å²) in [7, 11) is 1.42. The average molecular weight is 212 g/mol. The van der Waals surface area contributed by atoms with Gasteiger partial charge >= 0.3 is 0 Å². The van der Waals surface area contributed by atoms with Gasteiger partial charge in [-0.25, -0.2) is 0 Å². The van der Waals surface area contributed by atoms with E-state index in [9.17, 15) is 15.2 Å². The standard InChI is InChI=1S/C9H12N2O4/c1-15-9-3-2-6(11(13)14)4-7(9)8(12)5-10/h2-4,8,12H,5,10H2,1H3. The van der Waals surface area contributed by atoms with Gasteiger partial charge < -0.3 is 15.6 Å². The predicted octanol–water partition coefficient (Wildman–Crippen LogP) is 0.595. The molecule has 6 nitrogen and oxygen atoms in total. The highest BCUT2D eigenvalue weighted by molar-refractivity contribution is 5.45. The third-order valence-electron chi connectivity index (χ3n) is 2.01. The van der Waals surface area contributed by atoms with Crippen LogP contribution in [0.25, 0.3) is 0 Å². The van der Waals surface area contributed by atoms with Crippen molar-refractivity contribution in [2.45, 2.75) is 6.10 Å². The molecule has 3 N–H and O–H groups in total. The molecule has 0 radical (unpaired) electrons. The average Bonchev–Trinajstić information content (AvgIpc) is 2.27. The molecule has 1 aromatic carbocycles. The van der Waals surface area contributed by atoms with Gasteiger partial charge in [0.25, 0.3) is 5.69 Å². The largest absolute Gasteiger partial charge is 0.496 e. The fourth-order valence-corrected chi connectivity index (χ4v) is 1.22. The first-order chi connectivity index (χ1) is 7.10. The number of aliphatic hydroxyl groups excluding tert-OH is 1. The Labute approximate surface area is 86.4 Å². The van der Waals surface area contributed by atoms with Crippen molar-refractivity contribution in [1.82, 2.24) is 0 Å². The molecule has 0 spiro atoms. The molecule has 6 heteroatoms. The molecule has 0 aliphatic rings. The lowest BCUT2D eigenvalue weighted by atomic mass is 10.1. The van der Waals surface area contributed by atoms with Gasteiger partial charge in [-0.3, -0.25) is 10.1 Å². The van der Waals surface area contributed by atoms with E-state index < -0.39 is 11.0 Å². The highest BCUT2D eigenvalue weighted by atomic mass is 16.6. The molecule has 0 saturated heterocycles. The predicted molar refractivity (Wildman–Crippen MR) is 53.7 cm³/mol. The van der Waals surface area contributed by atoms with Gasteiger partial charge in [0.05, 0.1) is 18.1 Å². The number of aliphatic hydroxyl groups is 1. The first-order valence-corrected chi connectivity index (χ1v) is 4.30. The maximum Gasteiger partial charge on any atom is 0.270 e. The Morgan fingerprint density at radius 2 is 2.33 bits per heavy atom. The molecule has 0 saturated carbocycles. The minimum absolute atomic E-state index is 0.0163. The molecular formula is C9H12N2O4. The van der Waals surface area contributed by atoms with Gasteiger partial charge in [0.15, 0.2) is 0 Å². The Morgan fingerprint density at radius 3 is 2.80 bits per heavy atom. The third kappa shape index (κ3) is 2.42. The van der Waals surface area contributed by atoms with E-state index in [-0.39, 0.29) is 12.2 Å². The van der Waals surface area contributed by atoms with E-state index in [1.807, 2.05) is 0 Å². The quantitative estimate of drug-likeness (QED) is 0.562. The molecule has 0 aliphatic carbocycles. The Kier molecular flexibility index (Phi) is 3.59. The van der Waals surface area contributed by atoms with E-state index in [2.05, 4.69) is 0 Å². The van der Waals surface area contributed by atoms with E-state index >= 15 is 0 Å². The number of hydrogen-bond acceptors (Lipinski definition) is 5. The Balaban J connectivity index is 3.18. The molecule has 1 rings (SSSR count). The third-order valence-corrected chi connectivity index (χ3v) is 2.01. The summed E-state index contributed by atoms with van der Waals surface area (Å²) in [5.74, 6) is 0.388. The van der Waals surface area contributed by atoms with Crippen molar-refractivity contribution in [3.63, 3.8) is 0 Å². The molecule has 0 fully saturated rings. The van der Waals surface area contributed by atoms with Crippen molar-refractivity contribution in [2.75, 3.05) is 13.7 Å². The topological polar surface area (TPSA) is 98.6 Å². The van der Waals surface area contributed by atoms with Crippen LogP contribution >= 0.6 is 0 Å². The lowest BCUT2D eigenvalue weighted by Gasteiger charge is -2.12. The zero-order chi connectivity index (χ0) is 11.4. The van der Waals surface area contributed by atoms with Crippen LogP contribution in [0.1, 0.15) is 11.7 Å². The summed E-state index contributed by atoms with van der Waals surface area (Å²) in [6.45, 7) is -0.0163. The van der Waals surface area contributed by atoms with Crippen LogP contribution in [0.4, 0.5) is 5.69 Å². The summed E-state index contributed by atoms with van der Waals surface area (Å²) in [6, 6.07) is 4.01. The van der Waals surface area contributed by atoms with Crippen LogP contribution < -0.4 is 10.5 Å². The molecule has 0 heterocycles. The molecule has 0 amide bonds. The van der Waals surface area contributed by atoms with Gasteiger partial charge in [-0.1, -0.05) is 0 Å². The van der Waals surface area contributed by atoms with Crippen molar-refractivity contribution in [1.29, 1.82) is 0 Å². The van der Waals surface area contributed by atoms with Gasteiger partial charge in [-0.15, -0.1) is 0 Å². The summed E-state index contributed by atoms with van der Waals surface area (Å²) < 4.78 is 4.96. The van der Waals surface area contributed by atoms with Crippen molar-refractivity contribution >= 4 is 5.69 Å². The molecule has 0 aliphatic heterocycles. The summed E-state index contributed by atoms with van der Waals surface area (Å²) in [4.78, 5) is 9.98. The van der Waals surface area contributed by atoms with E-state index in [4.69, 9.17) is 10.5 Å². The minimum Gasteiger partial charge on any atom is -0.496 e. The van der Waals surface area contributed by atoms with Gasteiger partial charge in [0.1, 0.15) is 5.75 Å². The summed E-state index contributed by atoms with van der Waals surface area (Å²) in [5.41, 5.74) is 5.51. The molecule has 1 atom stereocenters. The lowest BCUT2D eigenvalue weighted by Crippen LogP contribution is -2.12. The number of nitro groups is 1. The van der Waals surface area contributed by atoms with Crippen LogP contribution in [0.2, 0.25) is 0 Å². The van der Waals surface area contributed by atoms with Crippen LogP contribution in [0, 0.1) is 10.1 Å². The molecule has 0 aromatic heterocycles. The number of rotatable bonds is 4. The van der Waals surface area contributed by atoms with Crippen LogP contribution in [0.3, 0.4) is 0 Å². The van der Waals surface area contributed by atoms with Gasteiger partial charge in [-0.2, -0.15) is 0 Å². The van der Waals surface area contributed by atoms with Crippen molar-refractivity contribution in [3.05, 3.63) is 33.9 Å². The minimum atomic E-state index is -0.958. The second kappa shape index (κ2) is 4.72. The van der Waals surface area contributed by atoms with E-state index in [0.29, 0.717) is 11.3 Å². The highest BCUT2D eigenvalue weighted by Gasteiger charge is 2.16. The molecular weight excluding hydrogens is 200 g/mol. The number of nitro benzene ring substituents is 1. The smallest absolute Gasteiger partial charge is 0.270 e. The van der Waals surface area contributed by atoms with Crippen LogP contribution in [-0.4, -0.2) is 23.7 Å². The lowest BCUT2D eigenvalue weighted by molar-refractivity contribution is -0.385. The first-order valence-electron chi connectivity index (χ1n) is 4.30. The number of methoxy groups -OCH3 is 1. The zero-order valence-corrected chi connectivity index (χ0v) is 8.21. The van der Waals surface area contributed by atoms with Crippen molar-refractivity contribution < 1.29 is 14.8 Å². The summed E-state index contributed by atoms with van der Waals surface area (Å²) in [5, 5.41) is 20.0. The Hall–Kier alpha value is -1.66. The number of nitrogens with two attached hydrogens (primary N) is 1. The van der Waals surface area contributed by atoms with Crippen molar-refractivity contribution in [2.24, 2.45) is 5.73 Å². The Bertz CT molecular complexity index is 367. The second-order valence-electron chi connectivity index (χ2n) is 2.93. The normalized spacial score (nSPS) is 12.2. The summed E-state index contributed by atoms with van der Waals surface area (Å²) in [6.07, 6.45) is -0.958. The monoisotopic (exact) mass is 212 g/mol. The fourth-order valence-electron chi connectivity index (χ4n) is 1.22. The second-order valence-corrected chi connectivity index (χ2v) is 2.93. The highest BCUT2D eigenvalue weighted by Crippen LogP contribution is 2.28. The van der Waals surface area contributed by atoms with Crippen LogP contribution in [0.5, 0.6) is 5.75 Å². The number of nitrogens with zero attached hydrogens (tertiary/aromatic N) is 1. The van der Waals surface area contributed by atoms with Gasteiger partial charge in [0.2, 0.25) is 0 Å². The van der Waals surface area contributed by atoms with E-state index in [1.165, 1.54) is 25.3 Å². The molecule has 15 heavy (non-hydrogen) atoms. The molecule has 82 valence electrons. The number of non-ortho nitro benzene ring substituents is 1. The van der Waals surface area contributed by atoms with Crippen LogP contribution in [-0.2, 0) is 0 Å². The fraction of sp³-hybridized carbons (Fsp3) is 0.333. The van der Waals surface area contributed by atoms with E-state index in [0.717, 1.165) is 0 Å². The maximum absolute atomic E-state index is 10.5. The van der Waals surface area contributed by atoms with Gasteiger partial charge in [0, 0.05) is 24.2 Å². The maximum atomic E-state index is 10.5. The summed E-state index contributed by atoms with van der Waals surface area (Å²) >= 11 is 0. The van der Waals surface area contributed by atoms with E-state index in [1.54, 1.807) is 0 Å². The van der Waals surface area contributed by atoms with Crippen LogP contribution in [0.15, 0.2) is 18.2 Å². The number of benzene rings is 1. The zero-order valence-electron chi connectivity index (χ0n) is 8.21. The van der Waals surface area contributed by atoms with Gasteiger partial charge in [-0.05, 0) is 6.07 Å². The Morgan fingerprint density at radius 1 is 1.67 bits per heavy atom. The SMILES string of the molecule is COc1ccc([N+](=O)[O-])cc1C(O)CN. The first kappa shape index (κ1) is 11.4. The molecule has 0 bridgehead atoms. The molecule has 1 unspecified atom stereocenters. The number of ether oxygens (including phenoxy) is 1.